The fourth-order valence-corrected chi connectivity index (χ4v) is 2.41. The van der Waals surface area contributed by atoms with Gasteiger partial charge in [-0.2, -0.15) is 0 Å². The highest BCUT2D eigenvalue weighted by molar-refractivity contribution is 5.92. The van der Waals surface area contributed by atoms with E-state index in [0.717, 1.165) is 10.9 Å². The third-order valence-electron chi connectivity index (χ3n) is 3.50. The Labute approximate surface area is 137 Å². The van der Waals surface area contributed by atoms with Crippen molar-refractivity contribution in [2.75, 3.05) is 5.32 Å². The van der Waals surface area contributed by atoms with Gasteiger partial charge in [-0.05, 0) is 36.4 Å². The number of hydrogen-bond donors (Lipinski definition) is 1. The standard InChI is InChI=1S/C18H12FN5/c19-12-4-3-5-13(10-12)22-17-14-6-1-2-7-15(14)23-18(24-17)16-8-9-20-11-21-16/h1-11H,(H,22,23,24). The maximum Gasteiger partial charge on any atom is 0.180 e. The second kappa shape index (κ2) is 6.00. The Bertz CT molecular complexity index is 1000. The van der Waals surface area contributed by atoms with Crippen molar-refractivity contribution in [2.45, 2.75) is 0 Å². The van der Waals surface area contributed by atoms with Crippen molar-refractivity contribution in [1.29, 1.82) is 0 Å². The maximum atomic E-state index is 13.4. The summed E-state index contributed by atoms with van der Waals surface area (Å²) in [6.07, 6.45) is 3.09. The van der Waals surface area contributed by atoms with Crippen molar-refractivity contribution in [3.8, 4) is 11.5 Å². The number of nitrogens with zero attached hydrogens (tertiary/aromatic N) is 4. The van der Waals surface area contributed by atoms with Crippen molar-refractivity contribution in [1.82, 2.24) is 19.9 Å². The average Bonchev–Trinajstić information content (AvgIpc) is 2.62. The fourth-order valence-electron chi connectivity index (χ4n) is 2.41. The van der Waals surface area contributed by atoms with E-state index in [1.54, 1.807) is 24.4 Å². The molecule has 0 spiro atoms. The molecular formula is C18H12FN5. The van der Waals surface area contributed by atoms with E-state index in [1.165, 1.54) is 18.5 Å². The van der Waals surface area contributed by atoms with Crippen LogP contribution in [0.15, 0.2) is 67.1 Å². The Kier molecular flexibility index (Phi) is 3.55. The SMILES string of the molecule is Fc1cccc(Nc2nc(-c3ccncn3)nc3ccccc23)c1. The van der Waals surface area contributed by atoms with Crippen molar-refractivity contribution in [3.63, 3.8) is 0 Å². The molecular weight excluding hydrogens is 305 g/mol. The summed E-state index contributed by atoms with van der Waals surface area (Å²) in [5, 5.41) is 4.01. The number of anilines is 2. The van der Waals surface area contributed by atoms with E-state index in [2.05, 4.69) is 25.3 Å². The summed E-state index contributed by atoms with van der Waals surface area (Å²) < 4.78 is 13.4. The van der Waals surface area contributed by atoms with Crippen LogP contribution in [0.4, 0.5) is 15.9 Å². The van der Waals surface area contributed by atoms with Crippen LogP contribution >= 0.6 is 0 Å². The highest BCUT2D eigenvalue weighted by Crippen LogP contribution is 2.26. The quantitative estimate of drug-likeness (QED) is 0.619. The lowest BCUT2D eigenvalue weighted by atomic mass is 10.2. The molecule has 116 valence electrons. The van der Waals surface area contributed by atoms with E-state index >= 15 is 0 Å². The highest BCUT2D eigenvalue weighted by Gasteiger charge is 2.10. The molecule has 0 radical (unpaired) electrons. The predicted molar refractivity (Wildman–Crippen MR) is 90.2 cm³/mol. The lowest BCUT2D eigenvalue weighted by Crippen LogP contribution is -2.00. The number of aromatic nitrogens is 4. The summed E-state index contributed by atoms with van der Waals surface area (Å²) in [7, 11) is 0. The van der Waals surface area contributed by atoms with Crippen LogP contribution in [0.2, 0.25) is 0 Å². The van der Waals surface area contributed by atoms with Crippen LogP contribution in [0.1, 0.15) is 0 Å². The van der Waals surface area contributed by atoms with Crippen LogP contribution < -0.4 is 5.32 Å². The van der Waals surface area contributed by atoms with Crippen LogP contribution in [-0.4, -0.2) is 19.9 Å². The van der Waals surface area contributed by atoms with Gasteiger partial charge in [-0.25, -0.2) is 24.3 Å². The van der Waals surface area contributed by atoms with Crippen LogP contribution in [0.3, 0.4) is 0 Å². The highest BCUT2D eigenvalue weighted by atomic mass is 19.1. The van der Waals surface area contributed by atoms with Gasteiger partial charge < -0.3 is 5.32 Å². The predicted octanol–water partition coefficient (Wildman–Crippen LogP) is 3.97. The fraction of sp³-hybridized carbons (Fsp3) is 0. The molecule has 0 bridgehead atoms. The first-order valence-corrected chi connectivity index (χ1v) is 7.35. The molecule has 6 heteroatoms. The van der Waals surface area contributed by atoms with Gasteiger partial charge in [-0.3, -0.25) is 0 Å². The maximum absolute atomic E-state index is 13.4. The van der Waals surface area contributed by atoms with Gasteiger partial charge in [0.2, 0.25) is 0 Å². The average molecular weight is 317 g/mol. The van der Waals surface area contributed by atoms with Gasteiger partial charge in [0.1, 0.15) is 23.7 Å². The van der Waals surface area contributed by atoms with Crippen molar-refractivity contribution < 1.29 is 4.39 Å². The molecule has 0 aliphatic rings. The molecule has 0 fully saturated rings. The number of rotatable bonds is 3. The Balaban J connectivity index is 1.86. The number of hydrogen-bond acceptors (Lipinski definition) is 5. The summed E-state index contributed by atoms with van der Waals surface area (Å²) in [6.45, 7) is 0. The monoisotopic (exact) mass is 317 g/mol. The number of nitrogens with one attached hydrogen (secondary N) is 1. The van der Waals surface area contributed by atoms with Crippen molar-refractivity contribution in [3.05, 3.63) is 72.9 Å². The largest absolute Gasteiger partial charge is 0.340 e. The summed E-state index contributed by atoms with van der Waals surface area (Å²) in [5.74, 6) is 0.768. The summed E-state index contributed by atoms with van der Waals surface area (Å²) in [6, 6.07) is 15.6. The molecule has 0 aliphatic carbocycles. The Morgan fingerprint density at radius 1 is 0.917 bits per heavy atom. The zero-order chi connectivity index (χ0) is 16.4. The van der Waals surface area contributed by atoms with Gasteiger partial charge in [0, 0.05) is 17.3 Å². The van der Waals surface area contributed by atoms with E-state index in [9.17, 15) is 4.39 Å². The molecule has 4 aromatic rings. The second-order valence-corrected chi connectivity index (χ2v) is 5.14. The minimum Gasteiger partial charge on any atom is -0.340 e. The molecule has 0 unspecified atom stereocenters. The lowest BCUT2D eigenvalue weighted by molar-refractivity contribution is 0.628. The van der Waals surface area contributed by atoms with Crippen molar-refractivity contribution >= 4 is 22.4 Å². The lowest BCUT2D eigenvalue weighted by Gasteiger charge is -2.10. The van der Waals surface area contributed by atoms with Gasteiger partial charge in [0.15, 0.2) is 5.82 Å². The Morgan fingerprint density at radius 3 is 2.67 bits per heavy atom. The van der Waals surface area contributed by atoms with Crippen LogP contribution in [0, 0.1) is 5.82 Å². The first-order valence-electron chi connectivity index (χ1n) is 7.35. The molecule has 0 atom stereocenters. The smallest absolute Gasteiger partial charge is 0.180 e. The molecule has 0 aliphatic heterocycles. The van der Waals surface area contributed by atoms with Crippen LogP contribution in [0.25, 0.3) is 22.4 Å². The van der Waals surface area contributed by atoms with Crippen LogP contribution in [-0.2, 0) is 0 Å². The molecule has 0 saturated carbocycles. The minimum atomic E-state index is -0.311. The third-order valence-corrected chi connectivity index (χ3v) is 3.50. The Hall–Kier alpha value is -3.41. The molecule has 0 amide bonds. The molecule has 2 heterocycles. The normalized spacial score (nSPS) is 10.7. The molecule has 4 rings (SSSR count). The molecule has 2 aromatic heterocycles. The van der Waals surface area contributed by atoms with E-state index in [-0.39, 0.29) is 5.82 Å². The van der Waals surface area contributed by atoms with Gasteiger partial charge >= 0.3 is 0 Å². The molecule has 5 nitrogen and oxygen atoms in total. The number of fused-ring (bicyclic) bond motifs is 1. The van der Waals surface area contributed by atoms with E-state index < -0.39 is 0 Å². The zero-order valence-corrected chi connectivity index (χ0v) is 12.5. The Morgan fingerprint density at radius 2 is 1.83 bits per heavy atom. The molecule has 24 heavy (non-hydrogen) atoms. The summed E-state index contributed by atoms with van der Waals surface area (Å²) >= 11 is 0. The molecule has 1 N–H and O–H groups in total. The number of para-hydroxylation sites is 1. The van der Waals surface area contributed by atoms with E-state index in [4.69, 9.17) is 0 Å². The van der Waals surface area contributed by atoms with Crippen molar-refractivity contribution in [2.24, 2.45) is 0 Å². The number of halogens is 1. The summed E-state index contributed by atoms with van der Waals surface area (Å²) in [5.41, 5.74) is 2.02. The van der Waals surface area contributed by atoms with E-state index in [1.807, 2.05) is 24.3 Å². The third kappa shape index (κ3) is 2.77. The van der Waals surface area contributed by atoms with E-state index in [0.29, 0.717) is 23.0 Å². The molecule has 0 saturated heterocycles. The van der Waals surface area contributed by atoms with Crippen LogP contribution in [0.5, 0.6) is 0 Å². The number of benzene rings is 2. The second-order valence-electron chi connectivity index (χ2n) is 5.14. The zero-order valence-electron chi connectivity index (χ0n) is 12.5. The topological polar surface area (TPSA) is 63.6 Å². The summed E-state index contributed by atoms with van der Waals surface area (Å²) in [4.78, 5) is 17.2. The van der Waals surface area contributed by atoms with Gasteiger partial charge in [-0.15, -0.1) is 0 Å². The minimum absolute atomic E-state index is 0.311. The van der Waals surface area contributed by atoms with Gasteiger partial charge in [0.25, 0.3) is 0 Å². The van der Waals surface area contributed by atoms with Gasteiger partial charge in [-0.1, -0.05) is 18.2 Å². The first kappa shape index (κ1) is 14.2. The first-order chi connectivity index (χ1) is 11.8. The molecule has 2 aromatic carbocycles. The van der Waals surface area contributed by atoms with Gasteiger partial charge in [0.05, 0.1) is 5.52 Å².